The van der Waals surface area contributed by atoms with E-state index in [1.165, 1.54) is 23.6 Å². The molecule has 0 bridgehead atoms. The highest BCUT2D eigenvalue weighted by atomic mass is 32.2. The maximum Gasteiger partial charge on any atom is 0.270 e. The maximum absolute atomic E-state index is 12.5. The number of ketones is 1. The third-order valence-corrected chi connectivity index (χ3v) is 4.36. The first-order valence-electron chi connectivity index (χ1n) is 6.50. The molecule has 1 aliphatic rings. The molecular weight excluding hydrogens is 318 g/mol. The molecule has 1 fully saturated rings. The van der Waals surface area contributed by atoms with Gasteiger partial charge in [0.25, 0.3) is 5.91 Å². The normalized spacial score (nSPS) is 16.6. The topological polar surface area (TPSA) is 50.5 Å². The molecule has 0 spiro atoms. The molecule has 2 aromatic rings. The Kier molecular flexibility index (Phi) is 3.96. The fraction of sp³-hybridized carbons (Fsp3) is 0.0625. The van der Waals surface area contributed by atoms with Crippen LogP contribution in [0.5, 0.6) is 0 Å². The van der Waals surface area contributed by atoms with Crippen LogP contribution in [-0.2, 0) is 4.79 Å². The van der Waals surface area contributed by atoms with Crippen molar-refractivity contribution < 1.29 is 14.0 Å². The Balaban J connectivity index is 1.90. The molecule has 0 N–H and O–H groups in total. The molecule has 0 radical (unpaired) electrons. The van der Waals surface area contributed by atoms with Crippen LogP contribution in [-0.4, -0.2) is 16.0 Å². The van der Waals surface area contributed by atoms with Crippen molar-refractivity contribution in [3.8, 4) is 0 Å². The molecule has 4 nitrogen and oxygen atoms in total. The molecule has 3 rings (SSSR count). The van der Waals surface area contributed by atoms with E-state index in [-0.39, 0.29) is 17.5 Å². The zero-order chi connectivity index (χ0) is 15.7. The summed E-state index contributed by atoms with van der Waals surface area (Å²) in [5, 5.41) is 0. The lowest BCUT2D eigenvalue weighted by molar-refractivity contribution is -0.113. The number of carbonyl (C=O) groups is 2. The standard InChI is InChI=1S/C16H11NO3S2/c1-10(18)13-8-7-12(20-13)9-14-15(19)17(16(21)22-14)11-5-3-2-4-6-11/h2-9H,1H3/b14-9+. The predicted octanol–water partition coefficient (Wildman–Crippen LogP) is 3.89. The molecule has 1 saturated heterocycles. The van der Waals surface area contributed by atoms with Gasteiger partial charge in [-0.1, -0.05) is 42.2 Å². The molecule has 1 aliphatic heterocycles. The highest BCUT2D eigenvalue weighted by Gasteiger charge is 2.33. The zero-order valence-electron chi connectivity index (χ0n) is 11.6. The van der Waals surface area contributed by atoms with Gasteiger partial charge in [-0.3, -0.25) is 14.5 Å². The maximum atomic E-state index is 12.5. The van der Waals surface area contributed by atoms with Gasteiger partial charge in [0.05, 0.1) is 10.6 Å². The average molecular weight is 329 g/mol. The third-order valence-electron chi connectivity index (χ3n) is 3.06. The van der Waals surface area contributed by atoms with Crippen LogP contribution in [0.2, 0.25) is 0 Å². The summed E-state index contributed by atoms with van der Waals surface area (Å²) in [6.45, 7) is 1.43. The number of furan rings is 1. The van der Waals surface area contributed by atoms with Crippen LogP contribution in [0.4, 0.5) is 5.69 Å². The lowest BCUT2D eigenvalue weighted by Crippen LogP contribution is -2.27. The van der Waals surface area contributed by atoms with Crippen LogP contribution >= 0.6 is 24.0 Å². The molecule has 0 atom stereocenters. The predicted molar refractivity (Wildman–Crippen MR) is 90.8 cm³/mol. The van der Waals surface area contributed by atoms with E-state index < -0.39 is 0 Å². The number of para-hydroxylation sites is 1. The molecule has 110 valence electrons. The highest BCUT2D eigenvalue weighted by Crippen LogP contribution is 2.36. The number of rotatable bonds is 3. The molecule has 0 saturated carbocycles. The monoisotopic (exact) mass is 329 g/mol. The summed E-state index contributed by atoms with van der Waals surface area (Å²) in [5.74, 6) is 0.377. The number of amides is 1. The van der Waals surface area contributed by atoms with E-state index in [2.05, 4.69) is 0 Å². The first-order chi connectivity index (χ1) is 10.6. The van der Waals surface area contributed by atoms with E-state index in [0.29, 0.717) is 15.0 Å². The van der Waals surface area contributed by atoms with Gasteiger partial charge in [-0.25, -0.2) is 0 Å². The van der Waals surface area contributed by atoms with Crippen molar-refractivity contribution in [2.45, 2.75) is 6.92 Å². The van der Waals surface area contributed by atoms with Crippen LogP contribution in [0.15, 0.2) is 51.8 Å². The average Bonchev–Trinajstić information content (AvgIpc) is 3.06. The zero-order valence-corrected chi connectivity index (χ0v) is 13.2. The second-order valence-electron chi connectivity index (χ2n) is 4.61. The number of anilines is 1. The van der Waals surface area contributed by atoms with Crippen LogP contribution < -0.4 is 4.90 Å². The van der Waals surface area contributed by atoms with Gasteiger partial charge in [0.2, 0.25) is 0 Å². The van der Waals surface area contributed by atoms with Crippen LogP contribution in [0.1, 0.15) is 23.2 Å². The second kappa shape index (κ2) is 5.90. The van der Waals surface area contributed by atoms with Gasteiger partial charge in [-0.05, 0) is 24.3 Å². The number of nitrogens with zero attached hydrogens (tertiary/aromatic N) is 1. The van der Waals surface area contributed by atoms with Crippen LogP contribution in [0.3, 0.4) is 0 Å². The van der Waals surface area contributed by atoms with Crippen molar-refractivity contribution in [1.82, 2.24) is 0 Å². The summed E-state index contributed by atoms with van der Waals surface area (Å²) in [4.78, 5) is 25.7. The quantitative estimate of drug-likeness (QED) is 0.486. The summed E-state index contributed by atoms with van der Waals surface area (Å²) >= 11 is 6.50. The van der Waals surface area contributed by atoms with Gasteiger partial charge in [-0.2, -0.15) is 0 Å². The lowest BCUT2D eigenvalue weighted by atomic mass is 10.3. The summed E-state index contributed by atoms with van der Waals surface area (Å²) in [5.41, 5.74) is 0.734. The SMILES string of the molecule is CC(=O)c1ccc(/C=C2/SC(=S)N(c3ccccc3)C2=O)o1. The Hall–Kier alpha value is -2.18. The van der Waals surface area contributed by atoms with Crippen molar-refractivity contribution in [3.05, 3.63) is 58.9 Å². The fourth-order valence-electron chi connectivity index (χ4n) is 2.02. The molecule has 22 heavy (non-hydrogen) atoms. The Bertz CT molecular complexity index is 793. The highest BCUT2D eigenvalue weighted by molar-refractivity contribution is 8.27. The molecule has 6 heteroatoms. The molecule has 2 heterocycles. The van der Waals surface area contributed by atoms with Gasteiger partial charge >= 0.3 is 0 Å². The Labute approximate surface area is 136 Å². The van der Waals surface area contributed by atoms with Crippen molar-refractivity contribution in [2.24, 2.45) is 0 Å². The van der Waals surface area contributed by atoms with Crippen molar-refractivity contribution >= 4 is 51.8 Å². The van der Waals surface area contributed by atoms with Crippen molar-refractivity contribution in [3.63, 3.8) is 0 Å². The van der Waals surface area contributed by atoms with E-state index in [1.807, 2.05) is 30.3 Å². The minimum atomic E-state index is -0.193. The summed E-state index contributed by atoms with van der Waals surface area (Å²) in [6, 6.07) is 12.5. The first-order valence-corrected chi connectivity index (χ1v) is 7.72. The third kappa shape index (κ3) is 2.75. The first kappa shape index (κ1) is 14.7. The van der Waals surface area contributed by atoms with E-state index >= 15 is 0 Å². The molecule has 0 unspecified atom stereocenters. The summed E-state index contributed by atoms with van der Waals surface area (Å²) in [6.07, 6.45) is 1.61. The lowest BCUT2D eigenvalue weighted by Gasteiger charge is -2.13. The Morgan fingerprint density at radius 3 is 2.59 bits per heavy atom. The van der Waals surface area contributed by atoms with Crippen LogP contribution in [0.25, 0.3) is 6.08 Å². The molecule has 0 aliphatic carbocycles. The summed E-state index contributed by atoms with van der Waals surface area (Å²) in [7, 11) is 0. The van der Waals surface area contributed by atoms with Gasteiger partial charge < -0.3 is 4.42 Å². The van der Waals surface area contributed by atoms with E-state index in [9.17, 15) is 9.59 Å². The minimum Gasteiger partial charge on any atom is -0.454 e. The number of hydrogen-bond donors (Lipinski definition) is 0. The summed E-state index contributed by atoms with van der Waals surface area (Å²) < 4.78 is 5.85. The number of hydrogen-bond acceptors (Lipinski definition) is 5. The largest absolute Gasteiger partial charge is 0.454 e. The van der Waals surface area contributed by atoms with Gasteiger partial charge in [0.1, 0.15) is 5.76 Å². The van der Waals surface area contributed by atoms with Gasteiger partial charge in [-0.15, -0.1) is 0 Å². The van der Waals surface area contributed by atoms with Crippen molar-refractivity contribution in [2.75, 3.05) is 4.90 Å². The number of thioether (sulfide) groups is 1. The number of thiocarbonyl (C=S) groups is 1. The van der Waals surface area contributed by atoms with Crippen molar-refractivity contribution in [1.29, 1.82) is 0 Å². The molecular formula is C16H11NO3S2. The number of carbonyl (C=O) groups excluding carboxylic acids is 2. The minimum absolute atomic E-state index is 0.156. The Morgan fingerprint density at radius 1 is 1.23 bits per heavy atom. The van der Waals surface area contributed by atoms with Gasteiger partial charge in [0, 0.05) is 13.0 Å². The number of Topliss-reactive ketones (excluding diaryl/α,β-unsaturated/α-hetero) is 1. The molecule has 1 aromatic heterocycles. The molecule has 1 aromatic carbocycles. The fourth-order valence-corrected chi connectivity index (χ4v) is 3.30. The smallest absolute Gasteiger partial charge is 0.270 e. The number of benzene rings is 1. The van der Waals surface area contributed by atoms with Gasteiger partial charge in [0.15, 0.2) is 15.9 Å². The van der Waals surface area contributed by atoms with E-state index in [4.69, 9.17) is 16.6 Å². The second-order valence-corrected chi connectivity index (χ2v) is 6.29. The van der Waals surface area contributed by atoms with Crippen LogP contribution in [0, 0.1) is 0 Å². The molecule has 1 amide bonds. The van der Waals surface area contributed by atoms with E-state index in [1.54, 1.807) is 18.2 Å². The van der Waals surface area contributed by atoms with E-state index in [0.717, 1.165) is 5.69 Å². The Morgan fingerprint density at radius 2 is 1.95 bits per heavy atom.